The maximum atomic E-state index is 12.4. The Kier molecular flexibility index (Phi) is 7.52. The highest BCUT2D eigenvalue weighted by molar-refractivity contribution is 7.86. The molecular weight excluding hydrogens is 494 g/mol. The Bertz CT molecular complexity index is 1380. The van der Waals surface area contributed by atoms with Gasteiger partial charge in [0.15, 0.2) is 0 Å². The summed E-state index contributed by atoms with van der Waals surface area (Å²) in [5, 5.41) is 1.15. The molecule has 0 N–H and O–H groups in total. The molecule has 0 radical (unpaired) electrons. The van der Waals surface area contributed by atoms with Crippen molar-refractivity contribution >= 4 is 37.4 Å². The highest BCUT2D eigenvalue weighted by atomic mass is 32.2. The van der Waals surface area contributed by atoms with E-state index in [1.54, 1.807) is 35.6 Å². The summed E-state index contributed by atoms with van der Waals surface area (Å²) in [6.07, 6.45) is 0. The van der Waals surface area contributed by atoms with Crippen LogP contribution in [0.2, 0.25) is 0 Å². The van der Waals surface area contributed by atoms with Crippen LogP contribution in [-0.4, -0.2) is 57.7 Å². The van der Waals surface area contributed by atoms with Crippen molar-refractivity contribution < 1.29 is 17.3 Å². The predicted octanol–water partition coefficient (Wildman–Crippen LogP) is 4.71. The number of hydrogen-bond donors (Lipinski definition) is 0. The molecule has 9 heteroatoms. The molecule has 1 aliphatic rings. The van der Waals surface area contributed by atoms with Gasteiger partial charge in [-0.15, -0.1) is 11.3 Å². The first-order chi connectivity index (χ1) is 17.5. The minimum absolute atomic E-state index is 0.0551. The molecule has 0 bridgehead atoms. The van der Waals surface area contributed by atoms with Crippen LogP contribution in [0, 0.1) is 6.92 Å². The summed E-state index contributed by atoms with van der Waals surface area (Å²) >= 11 is 1.76. The number of hydrogen-bond acceptors (Lipinski definition) is 8. The fraction of sp³-hybridized carbons (Fsp3) is 0.296. The van der Waals surface area contributed by atoms with Crippen LogP contribution in [0.5, 0.6) is 5.75 Å². The molecule has 188 valence electrons. The molecule has 4 aromatic rings. The van der Waals surface area contributed by atoms with Crippen LogP contribution in [0.15, 0.2) is 77.7 Å². The van der Waals surface area contributed by atoms with Crippen LogP contribution < -0.4 is 9.64 Å². The smallest absolute Gasteiger partial charge is 0.297 e. The molecular formula is C27H29N3O4S2. The van der Waals surface area contributed by atoms with Gasteiger partial charge in [-0.25, -0.2) is 4.98 Å². The van der Waals surface area contributed by atoms with Crippen LogP contribution in [0.4, 0.5) is 5.69 Å². The lowest BCUT2D eigenvalue weighted by atomic mass is 10.2. The summed E-state index contributed by atoms with van der Waals surface area (Å²) < 4.78 is 37.1. The Morgan fingerprint density at radius 1 is 0.889 bits per heavy atom. The number of anilines is 1. The third kappa shape index (κ3) is 5.87. The monoisotopic (exact) mass is 523 g/mol. The molecule has 3 aromatic carbocycles. The van der Waals surface area contributed by atoms with Gasteiger partial charge >= 0.3 is 0 Å². The zero-order valence-corrected chi connectivity index (χ0v) is 21.8. The second kappa shape index (κ2) is 11.0. The molecule has 0 amide bonds. The van der Waals surface area contributed by atoms with E-state index in [1.807, 2.05) is 37.3 Å². The van der Waals surface area contributed by atoms with E-state index in [2.05, 4.69) is 28.0 Å². The molecule has 5 rings (SSSR count). The minimum atomic E-state index is -3.80. The van der Waals surface area contributed by atoms with Gasteiger partial charge in [0.05, 0.1) is 27.3 Å². The van der Waals surface area contributed by atoms with E-state index < -0.39 is 10.1 Å². The van der Waals surface area contributed by atoms with Crippen molar-refractivity contribution in [2.24, 2.45) is 0 Å². The number of para-hydroxylation sites is 3. The molecule has 0 atom stereocenters. The molecule has 36 heavy (non-hydrogen) atoms. The SMILES string of the molecule is Cc1ccc(S(=O)(=O)OCCOc2ccccc2N2CCN(Cc3nc4ccccc4s3)CC2)cc1. The highest BCUT2D eigenvalue weighted by Gasteiger charge is 2.21. The van der Waals surface area contributed by atoms with Crippen LogP contribution >= 0.6 is 11.3 Å². The highest BCUT2D eigenvalue weighted by Crippen LogP contribution is 2.30. The molecule has 1 aromatic heterocycles. The Balaban J connectivity index is 1.13. The second-order valence-corrected chi connectivity index (χ2v) is 11.5. The van der Waals surface area contributed by atoms with E-state index in [0.29, 0.717) is 0 Å². The van der Waals surface area contributed by atoms with Gasteiger partial charge in [0.25, 0.3) is 10.1 Å². The van der Waals surface area contributed by atoms with Crippen LogP contribution in [0.1, 0.15) is 10.6 Å². The number of aromatic nitrogens is 1. The van der Waals surface area contributed by atoms with Gasteiger partial charge in [-0.1, -0.05) is 42.0 Å². The Labute approximate surface area is 216 Å². The maximum absolute atomic E-state index is 12.4. The van der Waals surface area contributed by atoms with E-state index >= 15 is 0 Å². The minimum Gasteiger partial charge on any atom is -0.489 e. The third-order valence-corrected chi connectivity index (χ3v) is 8.51. The summed E-state index contributed by atoms with van der Waals surface area (Å²) in [5.74, 6) is 0.730. The summed E-state index contributed by atoms with van der Waals surface area (Å²) in [5.41, 5.74) is 3.07. The van der Waals surface area contributed by atoms with Crippen LogP contribution in [0.25, 0.3) is 10.2 Å². The fourth-order valence-electron chi connectivity index (χ4n) is 4.23. The standard InChI is InChI=1S/C27H29N3O4S2/c1-21-10-12-22(13-11-21)36(31,32)34-19-18-33-25-8-4-3-7-24(25)30-16-14-29(15-17-30)20-27-28-23-6-2-5-9-26(23)35-27/h2-13H,14-20H2,1H3. The first-order valence-corrected chi connectivity index (χ1v) is 14.2. The van der Waals surface area contributed by atoms with Gasteiger partial charge in [-0.3, -0.25) is 9.08 Å². The van der Waals surface area contributed by atoms with Gasteiger partial charge in [0.2, 0.25) is 0 Å². The number of piperazine rings is 1. The second-order valence-electron chi connectivity index (χ2n) is 8.74. The van der Waals surface area contributed by atoms with Crippen molar-refractivity contribution in [3.8, 4) is 5.75 Å². The van der Waals surface area contributed by atoms with Crippen molar-refractivity contribution in [1.82, 2.24) is 9.88 Å². The first-order valence-electron chi connectivity index (χ1n) is 12.0. The zero-order chi connectivity index (χ0) is 25.0. The Morgan fingerprint density at radius 2 is 1.61 bits per heavy atom. The van der Waals surface area contributed by atoms with Crippen molar-refractivity contribution in [1.29, 1.82) is 0 Å². The molecule has 1 fully saturated rings. The summed E-state index contributed by atoms with van der Waals surface area (Å²) in [6.45, 7) is 6.47. The van der Waals surface area contributed by atoms with Gasteiger partial charge < -0.3 is 9.64 Å². The number of aryl methyl sites for hydroxylation is 1. The van der Waals surface area contributed by atoms with Gasteiger partial charge in [0, 0.05) is 26.2 Å². The topological polar surface area (TPSA) is 72.0 Å². The summed E-state index contributed by atoms with van der Waals surface area (Å²) in [7, 11) is -3.80. The van der Waals surface area contributed by atoms with Crippen molar-refractivity contribution in [3.05, 3.63) is 83.4 Å². The molecule has 2 heterocycles. The predicted molar refractivity (Wildman–Crippen MR) is 143 cm³/mol. The molecule has 0 spiro atoms. The quantitative estimate of drug-likeness (QED) is 0.232. The van der Waals surface area contributed by atoms with E-state index in [0.717, 1.165) is 60.2 Å². The lowest BCUT2D eigenvalue weighted by molar-refractivity contribution is 0.219. The van der Waals surface area contributed by atoms with Crippen molar-refractivity contribution in [2.75, 3.05) is 44.3 Å². The third-order valence-electron chi connectivity index (χ3n) is 6.16. The number of rotatable bonds is 9. The van der Waals surface area contributed by atoms with E-state index in [1.165, 1.54) is 4.70 Å². The normalized spacial score (nSPS) is 14.9. The number of thiazole rings is 1. The molecule has 0 aliphatic carbocycles. The van der Waals surface area contributed by atoms with Crippen molar-refractivity contribution in [3.63, 3.8) is 0 Å². The summed E-state index contributed by atoms with van der Waals surface area (Å²) in [6, 6.07) is 22.7. The number of fused-ring (bicyclic) bond motifs is 1. The van der Waals surface area contributed by atoms with Gasteiger partial charge in [-0.05, 0) is 43.3 Å². The summed E-state index contributed by atoms with van der Waals surface area (Å²) in [4.78, 5) is 9.66. The molecule has 0 unspecified atom stereocenters. The van der Waals surface area contributed by atoms with Crippen LogP contribution in [-0.2, 0) is 20.8 Å². The largest absolute Gasteiger partial charge is 0.489 e. The fourth-order valence-corrected chi connectivity index (χ4v) is 6.14. The lowest BCUT2D eigenvalue weighted by Crippen LogP contribution is -2.46. The molecule has 7 nitrogen and oxygen atoms in total. The average Bonchev–Trinajstić information content (AvgIpc) is 3.30. The van der Waals surface area contributed by atoms with Gasteiger partial charge in [0.1, 0.15) is 24.0 Å². The Hall–Kier alpha value is -2.98. The van der Waals surface area contributed by atoms with Gasteiger partial charge in [-0.2, -0.15) is 8.42 Å². The van der Waals surface area contributed by atoms with Crippen LogP contribution in [0.3, 0.4) is 0 Å². The maximum Gasteiger partial charge on any atom is 0.297 e. The molecule has 1 aliphatic heterocycles. The first kappa shape index (κ1) is 24.7. The Morgan fingerprint density at radius 3 is 2.39 bits per heavy atom. The molecule has 0 saturated carbocycles. The zero-order valence-electron chi connectivity index (χ0n) is 20.2. The molecule has 1 saturated heterocycles. The number of ether oxygens (including phenoxy) is 1. The van der Waals surface area contributed by atoms with E-state index in [4.69, 9.17) is 13.9 Å². The van der Waals surface area contributed by atoms with E-state index in [9.17, 15) is 8.42 Å². The number of benzene rings is 3. The lowest BCUT2D eigenvalue weighted by Gasteiger charge is -2.36. The average molecular weight is 524 g/mol. The van der Waals surface area contributed by atoms with E-state index in [-0.39, 0.29) is 18.1 Å². The number of nitrogens with zero attached hydrogens (tertiary/aromatic N) is 3. The van der Waals surface area contributed by atoms with Crippen molar-refractivity contribution in [2.45, 2.75) is 18.4 Å².